The SMILES string of the molecule is CC1(C)c2ccccc2-c2ccc(N(c3cccc(-c4ccc5ccccc5c4)c3)c3cccc4sc5c6ccccc6ccc5c34)cc21. The monoisotopic (exact) mass is 643 g/mol. The summed E-state index contributed by atoms with van der Waals surface area (Å²) >= 11 is 1.90. The molecule has 8 aromatic carbocycles. The third kappa shape index (κ3) is 4.31. The molecule has 1 aliphatic rings. The first-order valence-electron chi connectivity index (χ1n) is 17.0. The number of anilines is 3. The van der Waals surface area contributed by atoms with E-state index in [9.17, 15) is 0 Å². The van der Waals surface area contributed by atoms with E-state index in [-0.39, 0.29) is 5.41 Å². The molecule has 0 saturated heterocycles. The average Bonchev–Trinajstić information content (AvgIpc) is 3.65. The molecule has 0 atom stereocenters. The summed E-state index contributed by atoms with van der Waals surface area (Å²) in [7, 11) is 0. The molecule has 0 unspecified atom stereocenters. The molecule has 1 heterocycles. The standard InChI is InChI=1S/C47H33NS/c1-47(2)41-18-8-7-17-38(41)39-26-24-36(29-42(39)47)48(35-15-9-14-33(28-35)34-22-21-30-11-3-4-13-32(30)27-34)43-19-10-20-44-45(43)40-25-23-31-12-5-6-16-37(31)46(40)49-44/h3-29H,1-2H3. The molecule has 0 N–H and O–H groups in total. The van der Waals surface area contributed by atoms with Crippen molar-refractivity contribution in [1.29, 1.82) is 0 Å². The summed E-state index contributed by atoms with van der Waals surface area (Å²) in [5.41, 5.74) is 11.3. The fraction of sp³-hybridized carbons (Fsp3) is 0.0638. The fourth-order valence-corrected chi connectivity index (χ4v) is 9.43. The van der Waals surface area contributed by atoms with Crippen molar-refractivity contribution in [3.63, 3.8) is 0 Å². The lowest BCUT2D eigenvalue weighted by molar-refractivity contribution is 0.660. The van der Waals surface area contributed by atoms with Crippen LogP contribution in [0.2, 0.25) is 0 Å². The molecule has 9 aromatic rings. The molecule has 232 valence electrons. The summed E-state index contributed by atoms with van der Waals surface area (Å²) in [5.74, 6) is 0. The Kier molecular flexibility index (Phi) is 6.16. The van der Waals surface area contributed by atoms with Gasteiger partial charge in [0.05, 0.1) is 5.69 Å². The Morgan fingerprint density at radius 2 is 1.18 bits per heavy atom. The minimum absolute atomic E-state index is 0.0967. The van der Waals surface area contributed by atoms with E-state index in [4.69, 9.17) is 0 Å². The van der Waals surface area contributed by atoms with E-state index in [1.807, 2.05) is 11.3 Å². The molecule has 0 bridgehead atoms. The first kappa shape index (κ1) is 28.3. The van der Waals surface area contributed by atoms with Crippen LogP contribution in [-0.4, -0.2) is 0 Å². The van der Waals surface area contributed by atoms with E-state index in [1.54, 1.807) is 0 Å². The number of fused-ring (bicyclic) bond motifs is 9. The molecule has 0 amide bonds. The fourth-order valence-electron chi connectivity index (χ4n) is 8.17. The topological polar surface area (TPSA) is 3.24 Å². The van der Waals surface area contributed by atoms with Crippen LogP contribution < -0.4 is 4.90 Å². The summed E-state index contributed by atoms with van der Waals surface area (Å²) in [6.45, 7) is 4.73. The van der Waals surface area contributed by atoms with Crippen LogP contribution in [0, 0.1) is 0 Å². The van der Waals surface area contributed by atoms with Gasteiger partial charge in [0.2, 0.25) is 0 Å². The van der Waals surface area contributed by atoms with Gasteiger partial charge in [0.1, 0.15) is 0 Å². The van der Waals surface area contributed by atoms with E-state index in [0.717, 1.165) is 5.69 Å². The lowest BCUT2D eigenvalue weighted by Crippen LogP contribution is -2.16. The molecule has 0 radical (unpaired) electrons. The largest absolute Gasteiger partial charge is 0.310 e. The summed E-state index contributed by atoms with van der Waals surface area (Å²) in [6.07, 6.45) is 0. The second-order valence-electron chi connectivity index (χ2n) is 13.8. The zero-order chi connectivity index (χ0) is 32.7. The van der Waals surface area contributed by atoms with Crippen LogP contribution in [-0.2, 0) is 5.41 Å². The van der Waals surface area contributed by atoms with E-state index in [2.05, 4.69) is 183 Å². The molecule has 0 fully saturated rings. The van der Waals surface area contributed by atoms with Crippen molar-refractivity contribution < 1.29 is 0 Å². The lowest BCUT2D eigenvalue weighted by Gasteiger charge is -2.29. The highest BCUT2D eigenvalue weighted by molar-refractivity contribution is 7.26. The Morgan fingerprint density at radius 3 is 2.10 bits per heavy atom. The number of hydrogen-bond donors (Lipinski definition) is 0. The van der Waals surface area contributed by atoms with Gasteiger partial charge in [-0.05, 0) is 97.4 Å². The zero-order valence-electron chi connectivity index (χ0n) is 27.4. The lowest BCUT2D eigenvalue weighted by atomic mass is 9.82. The average molecular weight is 644 g/mol. The molecule has 0 saturated carbocycles. The maximum Gasteiger partial charge on any atom is 0.0554 e. The van der Waals surface area contributed by atoms with Crippen molar-refractivity contribution in [3.8, 4) is 22.3 Å². The number of rotatable bonds is 4. The highest BCUT2D eigenvalue weighted by atomic mass is 32.1. The molecule has 1 aromatic heterocycles. The Balaban J connectivity index is 1.23. The predicted octanol–water partition coefficient (Wildman–Crippen LogP) is 13.8. The van der Waals surface area contributed by atoms with Crippen molar-refractivity contribution in [2.75, 3.05) is 4.90 Å². The Hall–Kier alpha value is -5.70. The first-order chi connectivity index (χ1) is 24.0. The van der Waals surface area contributed by atoms with Gasteiger partial charge in [-0.1, -0.05) is 135 Å². The molecule has 49 heavy (non-hydrogen) atoms. The van der Waals surface area contributed by atoms with Gasteiger partial charge in [-0.15, -0.1) is 11.3 Å². The molecule has 0 spiro atoms. The third-order valence-electron chi connectivity index (χ3n) is 10.6. The molecule has 10 rings (SSSR count). The molecule has 2 heteroatoms. The van der Waals surface area contributed by atoms with Crippen molar-refractivity contribution in [2.45, 2.75) is 19.3 Å². The Morgan fingerprint density at radius 1 is 0.469 bits per heavy atom. The van der Waals surface area contributed by atoms with Crippen LogP contribution in [0.5, 0.6) is 0 Å². The van der Waals surface area contributed by atoms with Gasteiger partial charge in [0, 0.05) is 37.0 Å². The summed E-state index contributed by atoms with van der Waals surface area (Å²) < 4.78 is 2.64. The molecular formula is C47H33NS. The molecule has 0 aliphatic heterocycles. The minimum Gasteiger partial charge on any atom is -0.310 e. The van der Waals surface area contributed by atoms with Gasteiger partial charge in [0.15, 0.2) is 0 Å². The van der Waals surface area contributed by atoms with Gasteiger partial charge in [0.25, 0.3) is 0 Å². The van der Waals surface area contributed by atoms with Crippen LogP contribution >= 0.6 is 11.3 Å². The van der Waals surface area contributed by atoms with Crippen molar-refractivity contribution >= 4 is 70.1 Å². The van der Waals surface area contributed by atoms with Gasteiger partial charge in [-0.25, -0.2) is 0 Å². The number of hydrogen-bond acceptors (Lipinski definition) is 2. The zero-order valence-corrected chi connectivity index (χ0v) is 28.3. The second kappa shape index (κ2) is 10.7. The maximum absolute atomic E-state index is 2.49. The van der Waals surface area contributed by atoms with E-state index < -0.39 is 0 Å². The number of nitrogens with zero attached hydrogens (tertiary/aromatic N) is 1. The Bertz CT molecular complexity index is 2770. The van der Waals surface area contributed by atoms with Crippen LogP contribution in [0.4, 0.5) is 17.1 Å². The summed E-state index contributed by atoms with van der Waals surface area (Å²) in [5, 5.41) is 7.71. The summed E-state index contributed by atoms with van der Waals surface area (Å²) in [6, 6.07) is 60.7. The van der Waals surface area contributed by atoms with Crippen molar-refractivity contribution in [3.05, 3.63) is 175 Å². The van der Waals surface area contributed by atoms with Crippen molar-refractivity contribution in [2.24, 2.45) is 0 Å². The number of thiophene rings is 1. The second-order valence-corrected chi connectivity index (χ2v) is 14.8. The van der Waals surface area contributed by atoms with Crippen molar-refractivity contribution in [1.82, 2.24) is 0 Å². The highest BCUT2D eigenvalue weighted by Crippen LogP contribution is 2.52. The van der Waals surface area contributed by atoms with Crippen LogP contribution in [0.3, 0.4) is 0 Å². The molecule has 1 aliphatic carbocycles. The minimum atomic E-state index is -0.0967. The quantitative estimate of drug-likeness (QED) is 0.184. The van der Waals surface area contributed by atoms with Gasteiger partial charge in [-0.3, -0.25) is 0 Å². The van der Waals surface area contributed by atoms with E-state index >= 15 is 0 Å². The van der Waals surface area contributed by atoms with E-state index in [0.29, 0.717) is 0 Å². The van der Waals surface area contributed by atoms with Crippen LogP contribution in [0.1, 0.15) is 25.0 Å². The first-order valence-corrected chi connectivity index (χ1v) is 17.8. The summed E-state index contributed by atoms with van der Waals surface area (Å²) in [4.78, 5) is 2.49. The van der Waals surface area contributed by atoms with E-state index in [1.165, 1.54) is 86.5 Å². The highest BCUT2D eigenvalue weighted by Gasteiger charge is 2.36. The molecule has 1 nitrogen and oxygen atoms in total. The van der Waals surface area contributed by atoms with Gasteiger partial charge < -0.3 is 4.90 Å². The Labute approximate surface area is 290 Å². The van der Waals surface area contributed by atoms with Crippen LogP contribution in [0.25, 0.3) is 64.0 Å². The predicted molar refractivity (Wildman–Crippen MR) is 212 cm³/mol. The van der Waals surface area contributed by atoms with Crippen LogP contribution in [0.15, 0.2) is 164 Å². The normalized spacial score (nSPS) is 13.3. The van der Waals surface area contributed by atoms with Gasteiger partial charge in [-0.2, -0.15) is 0 Å². The number of benzene rings is 8. The maximum atomic E-state index is 2.49. The smallest absolute Gasteiger partial charge is 0.0554 e. The third-order valence-corrected chi connectivity index (χ3v) is 11.8. The molecular weight excluding hydrogens is 611 g/mol. The van der Waals surface area contributed by atoms with Gasteiger partial charge >= 0.3 is 0 Å².